The Bertz CT molecular complexity index is 288. The largest absolute Gasteiger partial charge is 0.411 e. The first-order chi connectivity index (χ1) is 6.74. The van der Waals surface area contributed by atoms with Gasteiger partial charge in [0.1, 0.15) is 0 Å². The lowest BCUT2D eigenvalue weighted by Crippen LogP contribution is -1.90. The minimum Gasteiger partial charge on any atom is -0.411 e. The zero-order valence-electron chi connectivity index (χ0n) is 8.77. The highest BCUT2D eigenvalue weighted by molar-refractivity contribution is 5.56. The lowest BCUT2D eigenvalue weighted by atomic mass is 10.0. The number of benzene rings is 1. The van der Waals surface area contributed by atoms with E-state index in [2.05, 4.69) is 43.3 Å². The van der Waals surface area contributed by atoms with E-state index in [0.29, 0.717) is 5.92 Å². The van der Waals surface area contributed by atoms with E-state index in [9.17, 15) is 0 Å². The number of nitrogens with zero attached hydrogens (tertiary/aromatic N) is 1. The number of hydrogen-bond acceptors (Lipinski definition) is 2. The second kappa shape index (κ2) is 5.43. The molecule has 1 N–H and O–H groups in total. The fraction of sp³-hybridized carbons (Fsp3) is 0.417. The van der Waals surface area contributed by atoms with Crippen LogP contribution in [0.1, 0.15) is 37.3 Å². The molecule has 1 aromatic rings. The van der Waals surface area contributed by atoms with E-state index in [-0.39, 0.29) is 0 Å². The van der Waals surface area contributed by atoms with Gasteiger partial charge in [-0.05, 0) is 29.9 Å². The Morgan fingerprint density at radius 1 is 1.29 bits per heavy atom. The molecule has 0 radical (unpaired) electrons. The Hall–Kier alpha value is -1.31. The summed E-state index contributed by atoms with van der Waals surface area (Å²) in [5.41, 5.74) is 2.65. The maximum Gasteiger partial charge on any atom is 0.0439 e. The highest BCUT2D eigenvalue weighted by Gasteiger charge is 1.98. The Kier molecular flexibility index (Phi) is 4.17. The van der Waals surface area contributed by atoms with Crippen LogP contribution >= 0.6 is 0 Å². The van der Waals surface area contributed by atoms with Gasteiger partial charge in [-0.3, -0.25) is 0 Å². The van der Waals surface area contributed by atoms with Crippen molar-refractivity contribution in [3.8, 4) is 0 Å². The van der Waals surface area contributed by atoms with Crippen LogP contribution in [0.25, 0.3) is 0 Å². The van der Waals surface area contributed by atoms with Crippen molar-refractivity contribution in [2.45, 2.75) is 32.6 Å². The number of aryl methyl sites for hydroxylation is 1. The first kappa shape index (κ1) is 10.8. The van der Waals surface area contributed by atoms with E-state index < -0.39 is 0 Å². The third kappa shape index (κ3) is 3.21. The van der Waals surface area contributed by atoms with Crippen molar-refractivity contribution in [3.05, 3.63) is 35.4 Å². The molecule has 0 aromatic heterocycles. The van der Waals surface area contributed by atoms with Gasteiger partial charge in [-0.2, -0.15) is 0 Å². The Morgan fingerprint density at radius 2 is 1.93 bits per heavy atom. The fourth-order valence-corrected chi connectivity index (χ4v) is 1.36. The standard InChI is InChI=1S/C12H17NO/c1-10(2)12-7-5-11(6-8-12)4-3-9-13-14/h5-10,14H,3-4H2,1-2H3/b13-9+. The molecule has 0 amide bonds. The molecule has 0 unspecified atom stereocenters. The van der Waals surface area contributed by atoms with Gasteiger partial charge in [0.25, 0.3) is 0 Å². The Balaban J connectivity index is 2.55. The van der Waals surface area contributed by atoms with Crippen LogP contribution in [0.4, 0.5) is 0 Å². The third-order valence-electron chi connectivity index (χ3n) is 2.29. The molecular weight excluding hydrogens is 174 g/mol. The molecule has 0 saturated heterocycles. The van der Waals surface area contributed by atoms with Gasteiger partial charge >= 0.3 is 0 Å². The summed E-state index contributed by atoms with van der Waals surface area (Å²) < 4.78 is 0. The van der Waals surface area contributed by atoms with Gasteiger partial charge in [-0.25, -0.2) is 0 Å². The first-order valence-electron chi connectivity index (χ1n) is 4.98. The third-order valence-corrected chi connectivity index (χ3v) is 2.29. The summed E-state index contributed by atoms with van der Waals surface area (Å²) in [6.45, 7) is 4.38. The topological polar surface area (TPSA) is 32.6 Å². The van der Waals surface area contributed by atoms with Crippen LogP contribution in [-0.2, 0) is 6.42 Å². The molecule has 1 rings (SSSR count). The van der Waals surface area contributed by atoms with Crippen molar-refractivity contribution in [2.24, 2.45) is 5.16 Å². The molecule has 0 bridgehead atoms. The van der Waals surface area contributed by atoms with Crippen LogP contribution < -0.4 is 0 Å². The highest BCUT2D eigenvalue weighted by Crippen LogP contribution is 2.15. The molecule has 0 saturated carbocycles. The molecule has 14 heavy (non-hydrogen) atoms. The molecule has 76 valence electrons. The molecular formula is C12H17NO. The quantitative estimate of drug-likeness (QED) is 0.442. The summed E-state index contributed by atoms with van der Waals surface area (Å²) in [5.74, 6) is 0.586. The van der Waals surface area contributed by atoms with Crippen molar-refractivity contribution in [1.82, 2.24) is 0 Å². The van der Waals surface area contributed by atoms with Gasteiger partial charge in [0.2, 0.25) is 0 Å². The molecule has 2 nitrogen and oxygen atoms in total. The summed E-state index contributed by atoms with van der Waals surface area (Å²) in [5, 5.41) is 11.2. The van der Waals surface area contributed by atoms with Crippen LogP contribution in [0.5, 0.6) is 0 Å². The maximum atomic E-state index is 8.23. The Labute approximate surface area is 85.3 Å². The average molecular weight is 191 g/mol. The summed E-state index contributed by atoms with van der Waals surface area (Å²) in [6, 6.07) is 8.60. The first-order valence-corrected chi connectivity index (χ1v) is 4.98. The zero-order valence-corrected chi connectivity index (χ0v) is 8.77. The molecule has 0 spiro atoms. The predicted octanol–water partition coefficient (Wildman–Crippen LogP) is 3.20. The van der Waals surface area contributed by atoms with Crippen LogP contribution in [-0.4, -0.2) is 11.4 Å². The lowest BCUT2D eigenvalue weighted by Gasteiger charge is -2.05. The molecule has 0 aliphatic rings. The highest BCUT2D eigenvalue weighted by atomic mass is 16.4. The predicted molar refractivity (Wildman–Crippen MR) is 59.1 cm³/mol. The van der Waals surface area contributed by atoms with Crippen molar-refractivity contribution >= 4 is 6.21 Å². The van der Waals surface area contributed by atoms with Gasteiger partial charge in [-0.15, -0.1) is 5.16 Å². The van der Waals surface area contributed by atoms with Crippen molar-refractivity contribution in [1.29, 1.82) is 0 Å². The molecule has 0 atom stereocenters. The summed E-state index contributed by atoms with van der Waals surface area (Å²) in [7, 11) is 0. The average Bonchev–Trinajstić information content (AvgIpc) is 2.19. The molecule has 1 aromatic carbocycles. The number of oxime groups is 1. The van der Waals surface area contributed by atoms with E-state index >= 15 is 0 Å². The SMILES string of the molecule is CC(C)c1ccc(CC/C=N/O)cc1. The number of rotatable bonds is 4. The molecule has 0 aliphatic carbocycles. The van der Waals surface area contributed by atoms with Gasteiger partial charge < -0.3 is 5.21 Å². The molecule has 0 heterocycles. The smallest absolute Gasteiger partial charge is 0.0439 e. The van der Waals surface area contributed by atoms with E-state index in [1.54, 1.807) is 0 Å². The van der Waals surface area contributed by atoms with Crippen LogP contribution in [0.3, 0.4) is 0 Å². The van der Waals surface area contributed by atoms with E-state index in [4.69, 9.17) is 5.21 Å². The monoisotopic (exact) mass is 191 g/mol. The van der Waals surface area contributed by atoms with Crippen molar-refractivity contribution in [2.75, 3.05) is 0 Å². The van der Waals surface area contributed by atoms with Gasteiger partial charge in [-0.1, -0.05) is 38.1 Å². The van der Waals surface area contributed by atoms with Crippen LogP contribution in [0.15, 0.2) is 29.4 Å². The maximum absolute atomic E-state index is 8.23. The van der Waals surface area contributed by atoms with Gasteiger partial charge in [0.15, 0.2) is 0 Å². The van der Waals surface area contributed by atoms with Gasteiger partial charge in [0.05, 0.1) is 0 Å². The summed E-state index contributed by atoms with van der Waals surface area (Å²) in [4.78, 5) is 0. The summed E-state index contributed by atoms with van der Waals surface area (Å²) in [6.07, 6.45) is 3.25. The lowest BCUT2D eigenvalue weighted by molar-refractivity contribution is 0.320. The molecule has 2 heteroatoms. The second-order valence-electron chi connectivity index (χ2n) is 3.73. The fourth-order valence-electron chi connectivity index (χ4n) is 1.36. The van der Waals surface area contributed by atoms with E-state index in [1.165, 1.54) is 17.3 Å². The van der Waals surface area contributed by atoms with Crippen molar-refractivity contribution in [3.63, 3.8) is 0 Å². The normalized spacial score (nSPS) is 11.4. The second-order valence-corrected chi connectivity index (χ2v) is 3.73. The van der Waals surface area contributed by atoms with Crippen molar-refractivity contribution < 1.29 is 5.21 Å². The summed E-state index contributed by atoms with van der Waals surface area (Å²) >= 11 is 0. The van der Waals surface area contributed by atoms with Gasteiger partial charge in [0, 0.05) is 6.21 Å². The minimum absolute atomic E-state index is 0.586. The minimum atomic E-state index is 0.586. The van der Waals surface area contributed by atoms with Crippen LogP contribution in [0.2, 0.25) is 0 Å². The van der Waals surface area contributed by atoms with E-state index in [1.807, 2.05) is 0 Å². The molecule has 0 fully saturated rings. The number of hydrogen-bond donors (Lipinski definition) is 1. The molecule has 0 aliphatic heterocycles. The Morgan fingerprint density at radius 3 is 2.43 bits per heavy atom. The van der Waals surface area contributed by atoms with Crippen LogP contribution in [0, 0.1) is 0 Å². The van der Waals surface area contributed by atoms with E-state index in [0.717, 1.165) is 12.8 Å². The zero-order chi connectivity index (χ0) is 10.4.